The van der Waals surface area contributed by atoms with Crippen LogP contribution >= 0.6 is 11.6 Å². The van der Waals surface area contributed by atoms with Gasteiger partial charge in [0, 0.05) is 18.1 Å². The lowest BCUT2D eigenvalue weighted by atomic mass is 10.2. The lowest BCUT2D eigenvalue weighted by Gasteiger charge is -2.08. The summed E-state index contributed by atoms with van der Waals surface area (Å²) in [4.78, 5) is 11.8. The Kier molecular flexibility index (Phi) is 4.34. The third kappa shape index (κ3) is 3.62. The van der Waals surface area contributed by atoms with Crippen molar-refractivity contribution >= 4 is 17.6 Å². The monoisotopic (exact) mass is 318 g/mol. The van der Waals surface area contributed by atoms with E-state index in [1.54, 1.807) is 12.1 Å². The van der Waals surface area contributed by atoms with Gasteiger partial charge in [0.15, 0.2) is 11.5 Å². The second-order valence-electron chi connectivity index (χ2n) is 4.85. The Morgan fingerprint density at radius 3 is 2.36 bits per heavy atom. The predicted molar refractivity (Wildman–Crippen MR) is 83.1 cm³/mol. The maximum Gasteiger partial charge on any atom is 0.315 e. The minimum Gasteiger partial charge on any atom is -0.454 e. The highest BCUT2D eigenvalue weighted by Gasteiger charge is 2.13. The van der Waals surface area contributed by atoms with E-state index in [0.717, 1.165) is 16.9 Å². The summed E-state index contributed by atoms with van der Waals surface area (Å²) in [5.41, 5.74) is 1.94. The Hall–Kier alpha value is -2.40. The summed E-state index contributed by atoms with van der Waals surface area (Å²) in [6.45, 7) is 1.11. The highest BCUT2D eigenvalue weighted by Crippen LogP contribution is 2.32. The van der Waals surface area contributed by atoms with Gasteiger partial charge in [0.1, 0.15) is 0 Å². The van der Waals surface area contributed by atoms with Crippen LogP contribution in [0.15, 0.2) is 42.5 Å². The smallest absolute Gasteiger partial charge is 0.315 e. The molecule has 1 aliphatic rings. The molecule has 0 saturated heterocycles. The topological polar surface area (TPSA) is 59.6 Å². The quantitative estimate of drug-likeness (QED) is 0.911. The van der Waals surface area contributed by atoms with Crippen LogP contribution in [0, 0.1) is 0 Å². The summed E-state index contributed by atoms with van der Waals surface area (Å²) in [6.07, 6.45) is 0. The Labute approximate surface area is 133 Å². The van der Waals surface area contributed by atoms with E-state index < -0.39 is 0 Å². The lowest BCUT2D eigenvalue weighted by molar-refractivity contribution is 0.174. The summed E-state index contributed by atoms with van der Waals surface area (Å²) in [7, 11) is 0. The molecule has 0 fully saturated rings. The number of ether oxygens (including phenoxy) is 2. The van der Waals surface area contributed by atoms with Gasteiger partial charge in [-0.05, 0) is 35.4 Å². The van der Waals surface area contributed by atoms with Crippen LogP contribution in [0.4, 0.5) is 4.79 Å². The largest absolute Gasteiger partial charge is 0.454 e. The van der Waals surface area contributed by atoms with Gasteiger partial charge >= 0.3 is 6.03 Å². The number of fused-ring (bicyclic) bond motifs is 1. The Bertz CT molecular complexity index is 674. The van der Waals surface area contributed by atoms with E-state index in [1.807, 2.05) is 30.3 Å². The average Bonchev–Trinajstić information content (AvgIpc) is 3.00. The maximum atomic E-state index is 11.8. The molecule has 0 bridgehead atoms. The number of urea groups is 1. The molecule has 5 nitrogen and oxygen atoms in total. The first kappa shape index (κ1) is 14.5. The van der Waals surface area contributed by atoms with Crippen molar-refractivity contribution in [2.45, 2.75) is 13.1 Å². The van der Waals surface area contributed by atoms with E-state index in [4.69, 9.17) is 21.1 Å². The van der Waals surface area contributed by atoms with Crippen molar-refractivity contribution < 1.29 is 14.3 Å². The molecule has 114 valence electrons. The molecular formula is C16H15ClN2O3. The first-order chi connectivity index (χ1) is 10.7. The first-order valence-corrected chi connectivity index (χ1v) is 7.23. The van der Waals surface area contributed by atoms with Crippen molar-refractivity contribution in [3.63, 3.8) is 0 Å². The molecule has 0 atom stereocenters. The minimum atomic E-state index is -0.229. The number of carbonyl (C=O) groups is 1. The zero-order chi connectivity index (χ0) is 15.4. The molecule has 2 amide bonds. The molecule has 0 radical (unpaired) electrons. The summed E-state index contributed by atoms with van der Waals surface area (Å²) in [6, 6.07) is 12.7. The van der Waals surface area contributed by atoms with E-state index in [1.165, 1.54) is 0 Å². The number of carbonyl (C=O) groups excluding carboxylic acids is 1. The van der Waals surface area contributed by atoms with E-state index in [-0.39, 0.29) is 12.8 Å². The second-order valence-corrected chi connectivity index (χ2v) is 5.29. The lowest BCUT2D eigenvalue weighted by Crippen LogP contribution is -2.34. The molecule has 22 heavy (non-hydrogen) atoms. The summed E-state index contributed by atoms with van der Waals surface area (Å²) >= 11 is 5.81. The van der Waals surface area contributed by atoms with Gasteiger partial charge in [0.25, 0.3) is 0 Å². The summed E-state index contributed by atoms with van der Waals surface area (Å²) in [5.74, 6) is 1.44. The molecule has 6 heteroatoms. The van der Waals surface area contributed by atoms with Gasteiger partial charge in [-0.2, -0.15) is 0 Å². The van der Waals surface area contributed by atoms with Crippen LogP contribution in [0.1, 0.15) is 11.1 Å². The number of nitrogens with one attached hydrogen (secondary N) is 2. The first-order valence-electron chi connectivity index (χ1n) is 6.85. The Morgan fingerprint density at radius 2 is 1.59 bits per heavy atom. The van der Waals surface area contributed by atoms with Crippen LogP contribution in [0.2, 0.25) is 5.02 Å². The van der Waals surface area contributed by atoms with E-state index in [0.29, 0.717) is 23.9 Å². The number of benzene rings is 2. The molecule has 0 aliphatic carbocycles. The van der Waals surface area contributed by atoms with Crippen molar-refractivity contribution in [3.8, 4) is 11.5 Å². The molecule has 0 spiro atoms. The van der Waals surface area contributed by atoms with Gasteiger partial charge in [-0.15, -0.1) is 0 Å². The van der Waals surface area contributed by atoms with Crippen molar-refractivity contribution in [2.24, 2.45) is 0 Å². The molecule has 0 aromatic heterocycles. The molecule has 3 rings (SSSR count). The SMILES string of the molecule is O=C(NCc1ccc(Cl)cc1)NCc1ccc2c(c1)OCO2. The highest BCUT2D eigenvalue weighted by molar-refractivity contribution is 6.30. The Morgan fingerprint density at radius 1 is 0.955 bits per heavy atom. The van der Waals surface area contributed by atoms with Crippen LogP contribution < -0.4 is 20.1 Å². The molecule has 1 aliphatic heterocycles. The Balaban J connectivity index is 1.47. The molecule has 2 N–H and O–H groups in total. The van der Waals surface area contributed by atoms with Crippen LogP contribution in [0.5, 0.6) is 11.5 Å². The van der Waals surface area contributed by atoms with Gasteiger partial charge < -0.3 is 20.1 Å². The van der Waals surface area contributed by atoms with Gasteiger partial charge in [0.05, 0.1) is 0 Å². The van der Waals surface area contributed by atoms with E-state index in [2.05, 4.69) is 10.6 Å². The van der Waals surface area contributed by atoms with Gasteiger partial charge in [-0.1, -0.05) is 29.8 Å². The number of halogens is 1. The van der Waals surface area contributed by atoms with Gasteiger partial charge in [-0.25, -0.2) is 4.79 Å². The minimum absolute atomic E-state index is 0.229. The van der Waals surface area contributed by atoms with Crippen molar-refractivity contribution in [2.75, 3.05) is 6.79 Å². The van der Waals surface area contributed by atoms with Gasteiger partial charge in [0.2, 0.25) is 6.79 Å². The number of hydrogen-bond acceptors (Lipinski definition) is 3. The fourth-order valence-electron chi connectivity index (χ4n) is 2.08. The zero-order valence-electron chi connectivity index (χ0n) is 11.8. The van der Waals surface area contributed by atoms with Crippen LogP contribution in [-0.2, 0) is 13.1 Å². The van der Waals surface area contributed by atoms with Crippen molar-refractivity contribution in [3.05, 3.63) is 58.6 Å². The van der Waals surface area contributed by atoms with Crippen molar-refractivity contribution in [1.82, 2.24) is 10.6 Å². The second kappa shape index (κ2) is 6.58. The third-order valence-electron chi connectivity index (χ3n) is 3.26. The van der Waals surface area contributed by atoms with Crippen molar-refractivity contribution in [1.29, 1.82) is 0 Å². The highest BCUT2D eigenvalue weighted by atomic mass is 35.5. The molecule has 2 aromatic carbocycles. The predicted octanol–water partition coefficient (Wildman–Crippen LogP) is 3.07. The molecule has 0 saturated carbocycles. The number of hydrogen-bond donors (Lipinski definition) is 2. The van der Waals surface area contributed by atoms with E-state index >= 15 is 0 Å². The average molecular weight is 319 g/mol. The number of amides is 2. The van der Waals surface area contributed by atoms with Crippen LogP contribution in [0.3, 0.4) is 0 Å². The maximum absolute atomic E-state index is 11.8. The fraction of sp³-hybridized carbons (Fsp3) is 0.188. The number of rotatable bonds is 4. The molecule has 2 aromatic rings. The normalized spacial score (nSPS) is 12.0. The standard InChI is InChI=1S/C16H15ClN2O3/c17-13-4-1-11(2-5-13)8-18-16(20)19-9-12-3-6-14-15(7-12)22-10-21-14/h1-7H,8-10H2,(H2,18,19,20). The fourth-order valence-corrected chi connectivity index (χ4v) is 2.21. The molecular weight excluding hydrogens is 304 g/mol. The van der Waals surface area contributed by atoms with Crippen LogP contribution in [0.25, 0.3) is 0 Å². The summed E-state index contributed by atoms with van der Waals surface area (Å²) in [5, 5.41) is 6.27. The van der Waals surface area contributed by atoms with Gasteiger partial charge in [-0.3, -0.25) is 0 Å². The van der Waals surface area contributed by atoms with Crippen LogP contribution in [-0.4, -0.2) is 12.8 Å². The molecule has 1 heterocycles. The zero-order valence-corrected chi connectivity index (χ0v) is 12.5. The summed E-state index contributed by atoms with van der Waals surface area (Å²) < 4.78 is 10.5. The van der Waals surface area contributed by atoms with E-state index in [9.17, 15) is 4.79 Å². The molecule has 0 unspecified atom stereocenters. The third-order valence-corrected chi connectivity index (χ3v) is 3.51.